The van der Waals surface area contributed by atoms with Gasteiger partial charge in [0, 0.05) is 19.6 Å². The summed E-state index contributed by atoms with van der Waals surface area (Å²) in [6, 6.07) is 9.65. The maximum absolute atomic E-state index is 12.9. The van der Waals surface area contributed by atoms with Crippen molar-refractivity contribution in [2.45, 2.75) is 30.5 Å². The van der Waals surface area contributed by atoms with Gasteiger partial charge in [-0.25, -0.2) is 13.4 Å². The molecule has 112 valence electrons. The lowest BCUT2D eigenvalue weighted by Crippen LogP contribution is -2.34. The van der Waals surface area contributed by atoms with Crippen LogP contribution in [0, 0.1) is 0 Å². The molecule has 0 aliphatic heterocycles. The van der Waals surface area contributed by atoms with Crippen molar-refractivity contribution in [3.63, 3.8) is 0 Å². The van der Waals surface area contributed by atoms with Gasteiger partial charge < -0.3 is 10.3 Å². The molecule has 2 aromatic rings. The second-order valence-corrected chi connectivity index (χ2v) is 7.12. The molecular weight excluding hydrogens is 288 g/mol. The van der Waals surface area contributed by atoms with Crippen LogP contribution in [0.2, 0.25) is 0 Å². The molecule has 0 saturated heterocycles. The van der Waals surface area contributed by atoms with Crippen molar-refractivity contribution in [1.29, 1.82) is 0 Å². The van der Waals surface area contributed by atoms with Crippen LogP contribution in [0.3, 0.4) is 0 Å². The molecule has 7 heteroatoms. The molecule has 1 aromatic carbocycles. The summed E-state index contributed by atoms with van der Waals surface area (Å²) in [6.45, 7) is 0.360. The summed E-state index contributed by atoms with van der Waals surface area (Å²) >= 11 is 0. The fraction of sp³-hybridized carbons (Fsp3) is 0.357. The zero-order valence-electron chi connectivity index (χ0n) is 11.8. The van der Waals surface area contributed by atoms with E-state index in [1.807, 2.05) is 30.3 Å². The van der Waals surface area contributed by atoms with E-state index >= 15 is 0 Å². The van der Waals surface area contributed by atoms with Crippen LogP contribution in [0.1, 0.15) is 18.4 Å². The number of imidazole rings is 1. The zero-order valence-corrected chi connectivity index (χ0v) is 12.6. The maximum Gasteiger partial charge on any atom is 0.263 e. The Labute approximate surface area is 124 Å². The molecule has 0 unspecified atom stereocenters. The van der Waals surface area contributed by atoms with Crippen LogP contribution in [0.25, 0.3) is 0 Å². The summed E-state index contributed by atoms with van der Waals surface area (Å²) in [5.74, 6) is 0.0520. The first-order chi connectivity index (χ1) is 10.00. The van der Waals surface area contributed by atoms with Gasteiger partial charge in [-0.2, -0.15) is 4.31 Å². The number of nitrogens with zero attached hydrogens (tertiary/aromatic N) is 3. The molecule has 0 amide bonds. The number of aromatic nitrogens is 2. The molecule has 0 bridgehead atoms. The first kappa shape index (κ1) is 14.1. The van der Waals surface area contributed by atoms with Gasteiger partial charge in [-0.3, -0.25) is 0 Å². The highest BCUT2D eigenvalue weighted by Gasteiger charge is 2.40. The number of sulfonamides is 1. The molecule has 1 aliphatic carbocycles. The number of rotatable bonds is 5. The Morgan fingerprint density at radius 2 is 2.00 bits per heavy atom. The van der Waals surface area contributed by atoms with Crippen molar-refractivity contribution < 1.29 is 8.42 Å². The van der Waals surface area contributed by atoms with Gasteiger partial charge >= 0.3 is 0 Å². The van der Waals surface area contributed by atoms with Gasteiger partial charge in [-0.1, -0.05) is 30.3 Å². The summed E-state index contributed by atoms with van der Waals surface area (Å²) < 4.78 is 28.8. The van der Waals surface area contributed by atoms with Gasteiger partial charge in [-0.05, 0) is 18.4 Å². The number of benzene rings is 1. The van der Waals surface area contributed by atoms with Gasteiger partial charge in [0.05, 0.1) is 6.33 Å². The van der Waals surface area contributed by atoms with Gasteiger partial charge in [-0.15, -0.1) is 0 Å². The van der Waals surface area contributed by atoms with E-state index in [0.717, 1.165) is 18.4 Å². The van der Waals surface area contributed by atoms with Crippen molar-refractivity contribution in [1.82, 2.24) is 13.9 Å². The summed E-state index contributed by atoms with van der Waals surface area (Å²) in [5.41, 5.74) is 6.71. The van der Waals surface area contributed by atoms with Gasteiger partial charge in [0.2, 0.25) is 0 Å². The molecule has 1 fully saturated rings. The van der Waals surface area contributed by atoms with Crippen molar-refractivity contribution in [3.8, 4) is 0 Å². The molecule has 6 nitrogen and oxygen atoms in total. The van der Waals surface area contributed by atoms with Crippen LogP contribution in [0.4, 0.5) is 5.82 Å². The number of nitrogens with two attached hydrogens (primary N) is 1. The minimum Gasteiger partial charge on any atom is -0.381 e. The fourth-order valence-corrected chi connectivity index (χ4v) is 4.27. The summed E-state index contributed by atoms with van der Waals surface area (Å²) in [5, 5.41) is 0.0744. The SMILES string of the molecule is Cn1cnc(N)c1S(=O)(=O)N(Cc1ccccc1)C1CC1. The van der Waals surface area contributed by atoms with Crippen LogP contribution in [0.5, 0.6) is 0 Å². The highest BCUT2D eigenvalue weighted by molar-refractivity contribution is 7.89. The Bertz CT molecular complexity index is 716. The minimum atomic E-state index is -3.65. The molecular formula is C14H18N4O2S. The van der Waals surface area contributed by atoms with Gasteiger partial charge in [0.15, 0.2) is 10.8 Å². The Morgan fingerprint density at radius 1 is 1.33 bits per heavy atom. The Hall–Kier alpha value is -1.86. The smallest absolute Gasteiger partial charge is 0.263 e. The molecule has 0 spiro atoms. The van der Waals surface area contributed by atoms with Gasteiger partial charge in [0.1, 0.15) is 0 Å². The molecule has 0 radical (unpaired) electrons. The highest BCUT2D eigenvalue weighted by Crippen LogP contribution is 2.34. The van der Waals surface area contributed by atoms with E-state index in [9.17, 15) is 8.42 Å². The van der Waals surface area contributed by atoms with E-state index in [1.54, 1.807) is 7.05 Å². The average molecular weight is 306 g/mol. The molecule has 21 heavy (non-hydrogen) atoms. The van der Waals surface area contributed by atoms with E-state index in [1.165, 1.54) is 15.2 Å². The second-order valence-electron chi connectivity index (χ2n) is 5.31. The van der Waals surface area contributed by atoms with Crippen LogP contribution < -0.4 is 5.73 Å². The lowest BCUT2D eigenvalue weighted by molar-refractivity contribution is 0.395. The van der Waals surface area contributed by atoms with Crippen molar-refractivity contribution in [3.05, 3.63) is 42.2 Å². The standard InChI is InChI=1S/C14H18N4O2S/c1-17-10-16-13(15)14(17)21(19,20)18(12-7-8-12)9-11-5-3-2-4-6-11/h2-6,10,12H,7-9,15H2,1H3. The summed E-state index contributed by atoms with van der Waals surface area (Å²) in [7, 11) is -2.00. The monoisotopic (exact) mass is 306 g/mol. The highest BCUT2D eigenvalue weighted by atomic mass is 32.2. The largest absolute Gasteiger partial charge is 0.381 e. The zero-order chi connectivity index (χ0) is 15.0. The van der Waals surface area contributed by atoms with Crippen LogP contribution >= 0.6 is 0 Å². The number of hydrogen-bond donors (Lipinski definition) is 1. The molecule has 2 N–H and O–H groups in total. The number of nitrogen functional groups attached to an aromatic ring is 1. The number of anilines is 1. The first-order valence-corrected chi connectivity index (χ1v) is 8.26. The number of hydrogen-bond acceptors (Lipinski definition) is 4. The van der Waals surface area contributed by atoms with E-state index in [4.69, 9.17) is 5.73 Å². The third kappa shape index (κ3) is 2.66. The lowest BCUT2D eigenvalue weighted by atomic mass is 10.2. The average Bonchev–Trinajstić information content (AvgIpc) is 3.22. The third-order valence-corrected chi connectivity index (χ3v) is 5.63. The van der Waals surface area contributed by atoms with E-state index in [2.05, 4.69) is 4.98 Å². The predicted molar refractivity (Wildman–Crippen MR) is 79.8 cm³/mol. The molecule has 1 heterocycles. The van der Waals surface area contributed by atoms with Crippen molar-refractivity contribution in [2.75, 3.05) is 5.73 Å². The molecule has 1 aromatic heterocycles. The first-order valence-electron chi connectivity index (χ1n) is 6.82. The fourth-order valence-electron chi connectivity index (χ4n) is 2.40. The van der Waals surface area contributed by atoms with Crippen molar-refractivity contribution >= 4 is 15.8 Å². The number of aryl methyl sites for hydroxylation is 1. The third-order valence-electron chi connectivity index (χ3n) is 3.60. The molecule has 1 saturated carbocycles. The predicted octanol–water partition coefficient (Wildman–Crippen LogP) is 1.36. The van der Waals surface area contributed by atoms with Crippen LogP contribution in [0.15, 0.2) is 41.7 Å². The molecule has 3 rings (SSSR count). The Morgan fingerprint density at radius 3 is 2.52 bits per heavy atom. The molecule has 1 aliphatic rings. The van der Waals surface area contributed by atoms with E-state index in [0.29, 0.717) is 6.54 Å². The van der Waals surface area contributed by atoms with E-state index in [-0.39, 0.29) is 16.9 Å². The van der Waals surface area contributed by atoms with Crippen LogP contribution in [-0.4, -0.2) is 28.3 Å². The Kier molecular flexibility index (Phi) is 3.46. The quantitative estimate of drug-likeness (QED) is 0.904. The van der Waals surface area contributed by atoms with Crippen molar-refractivity contribution in [2.24, 2.45) is 7.05 Å². The van der Waals surface area contributed by atoms with E-state index < -0.39 is 10.0 Å². The van der Waals surface area contributed by atoms with Gasteiger partial charge in [0.25, 0.3) is 10.0 Å². The summed E-state index contributed by atoms with van der Waals surface area (Å²) in [6.07, 6.45) is 3.21. The minimum absolute atomic E-state index is 0.0520. The Balaban J connectivity index is 1.97. The second kappa shape index (κ2) is 5.16. The summed E-state index contributed by atoms with van der Waals surface area (Å²) in [4.78, 5) is 3.89. The normalized spacial score (nSPS) is 15.5. The lowest BCUT2D eigenvalue weighted by Gasteiger charge is -2.22. The van der Waals surface area contributed by atoms with Crippen LogP contribution in [-0.2, 0) is 23.6 Å². The topological polar surface area (TPSA) is 81.2 Å². The maximum atomic E-state index is 12.9. The molecule has 0 atom stereocenters.